The van der Waals surface area contributed by atoms with Gasteiger partial charge in [-0.1, -0.05) is 70.9 Å². The van der Waals surface area contributed by atoms with Crippen molar-refractivity contribution in [1.29, 1.82) is 0 Å². The summed E-state index contributed by atoms with van der Waals surface area (Å²) in [5, 5.41) is 54.9. The second-order valence-electron chi connectivity index (χ2n) is 15.6. The van der Waals surface area contributed by atoms with Crippen molar-refractivity contribution in [3.05, 3.63) is 35.9 Å². The van der Waals surface area contributed by atoms with Crippen LogP contribution < -0.4 is 37.6 Å². The molecule has 12 atom stereocenters. The first kappa shape index (κ1) is 51.0. The van der Waals surface area contributed by atoms with Gasteiger partial charge < -0.3 is 63.0 Å². The van der Waals surface area contributed by atoms with Crippen molar-refractivity contribution in [2.75, 3.05) is 13.2 Å². The van der Waals surface area contributed by atoms with Crippen LogP contribution in [0.3, 0.4) is 0 Å². The molecule has 0 unspecified atom stereocenters. The molecule has 0 aliphatic carbocycles. The number of aliphatic carboxylic acids is 1. The number of nitrogens with zero attached hydrogens (tertiary/aromatic N) is 1. The molecular weight excluding hydrogens is 784 g/mol. The predicted molar refractivity (Wildman–Crippen MR) is 216 cm³/mol. The number of aliphatic hydroxyl groups excluding tert-OH is 3. The normalized spacial score (nSPS) is 19.3. The van der Waals surface area contributed by atoms with E-state index in [4.69, 9.17) is 0 Å². The number of hydrogen-bond acceptors (Lipinski definition) is 11. The minimum absolute atomic E-state index is 0.0535. The molecule has 0 aromatic heterocycles. The van der Waals surface area contributed by atoms with E-state index in [1.54, 1.807) is 58.0 Å². The third kappa shape index (κ3) is 14.5. The Balaban J connectivity index is 2.29. The molecule has 20 heteroatoms. The third-order valence-corrected chi connectivity index (χ3v) is 10.9. The summed E-state index contributed by atoms with van der Waals surface area (Å²) in [6.07, 6.45) is -1.26. The lowest BCUT2D eigenvalue weighted by Gasteiger charge is -2.33. The summed E-state index contributed by atoms with van der Waals surface area (Å²) in [6, 6.07) is -1.70. The summed E-state index contributed by atoms with van der Waals surface area (Å²) >= 11 is 0. The van der Waals surface area contributed by atoms with Crippen LogP contribution in [0.2, 0.25) is 0 Å². The Hall–Kier alpha value is -5.18. The van der Waals surface area contributed by atoms with Crippen LogP contribution >= 0.6 is 0 Å². The zero-order chi connectivity index (χ0) is 45.4. The number of nitrogens with one attached hydrogen (secondary N) is 6. The molecule has 0 bridgehead atoms. The maximum atomic E-state index is 14.2. The van der Waals surface area contributed by atoms with Crippen molar-refractivity contribution < 1.29 is 64.5 Å². The van der Waals surface area contributed by atoms with Crippen molar-refractivity contribution in [2.24, 2.45) is 11.8 Å². The van der Waals surface area contributed by atoms with Gasteiger partial charge in [0.2, 0.25) is 35.4 Å². The maximum Gasteiger partial charge on any atom is 0.326 e. The highest BCUT2D eigenvalue weighted by molar-refractivity contribution is 5.98. The third-order valence-electron chi connectivity index (χ3n) is 10.9. The number of likely N-dealkylation sites (tertiary alicyclic amines) is 1. The monoisotopic (exact) mass is 849 g/mol. The first-order chi connectivity index (χ1) is 28.2. The van der Waals surface area contributed by atoms with Crippen LogP contribution in [-0.4, -0.2) is 146 Å². The fourth-order valence-electron chi connectivity index (χ4n) is 6.43. The molecule has 60 heavy (non-hydrogen) atoms. The molecule has 7 amide bonds. The van der Waals surface area contributed by atoms with Crippen LogP contribution in [-0.2, 0) is 44.8 Å². The summed E-state index contributed by atoms with van der Waals surface area (Å²) in [5.41, 5.74) is 4.21. The molecule has 336 valence electrons. The Bertz CT molecular complexity index is 1650. The van der Waals surface area contributed by atoms with Gasteiger partial charge in [0, 0.05) is 13.0 Å². The van der Waals surface area contributed by atoms with Crippen LogP contribution in [0, 0.1) is 11.8 Å². The molecule has 13 N–H and O–H groups in total. The average Bonchev–Trinajstić information content (AvgIpc) is 3.71. The van der Waals surface area contributed by atoms with E-state index < -0.39 is 126 Å². The molecule has 1 saturated heterocycles. The summed E-state index contributed by atoms with van der Waals surface area (Å²) in [6.45, 7) is 10.1. The van der Waals surface area contributed by atoms with E-state index in [-0.39, 0.29) is 19.4 Å². The van der Waals surface area contributed by atoms with E-state index in [1.807, 2.05) is 0 Å². The largest absolute Gasteiger partial charge is 0.480 e. The van der Waals surface area contributed by atoms with Gasteiger partial charge in [0.25, 0.3) is 5.91 Å². The number of carboxylic acids is 1. The number of hydrogen-bond donors (Lipinski definition) is 11. The first-order valence-corrected chi connectivity index (χ1v) is 20.4. The lowest BCUT2D eigenvalue weighted by molar-refractivity contribution is -0.419. The van der Waals surface area contributed by atoms with Crippen molar-refractivity contribution >= 4 is 47.3 Å². The van der Waals surface area contributed by atoms with E-state index in [0.29, 0.717) is 24.8 Å². The number of carbonyl (C=O) groups is 8. The SMILES string of the molecule is CC[C@H](C)[C@H](NC(=O)[C@H](CO)NC(=O)[C@@H]1CCCN1C(=O)[C@@H](NC(=O)[C@@H](NC(=O)[C@H](Cc1ccccc1)NC(=O)[C@H](C)NC(=O)[C@@H]([NH3+])[C@@H](C)O)[C@@H](C)O)[C@@H](C)CC)C(=O)O. The van der Waals surface area contributed by atoms with Gasteiger partial charge >= 0.3 is 5.97 Å². The lowest BCUT2D eigenvalue weighted by Crippen LogP contribution is -2.72. The molecular formula is C40H65N8O12+. The number of aliphatic hydroxyl groups is 3. The Morgan fingerprint density at radius 2 is 1.25 bits per heavy atom. The van der Waals surface area contributed by atoms with Gasteiger partial charge in [-0.25, -0.2) is 4.79 Å². The molecule has 0 radical (unpaired) electrons. The van der Waals surface area contributed by atoms with E-state index in [0.717, 1.165) is 0 Å². The van der Waals surface area contributed by atoms with Crippen LogP contribution in [0.4, 0.5) is 0 Å². The Morgan fingerprint density at radius 1 is 0.700 bits per heavy atom. The van der Waals surface area contributed by atoms with E-state index in [9.17, 15) is 58.8 Å². The number of rotatable bonds is 23. The van der Waals surface area contributed by atoms with Gasteiger partial charge in [-0.05, 0) is 51.0 Å². The lowest BCUT2D eigenvalue weighted by atomic mass is 9.96. The fraction of sp³-hybridized carbons (Fsp3) is 0.650. The highest BCUT2D eigenvalue weighted by atomic mass is 16.4. The quantitative estimate of drug-likeness (QED) is 0.0516. The molecule has 2 rings (SSSR count). The molecule has 1 heterocycles. The van der Waals surface area contributed by atoms with Gasteiger partial charge in [-0.3, -0.25) is 33.6 Å². The molecule has 1 aromatic rings. The summed E-state index contributed by atoms with van der Waals surface area (Å²) in [5.74, 6) is -7.85. The maximum absolute atomic E-state index is 14.2. The van der Waals surface area contributed by atoms with Gasteiger partial charge in [-0.2, -0.15) is 0 Å². The first-order valence-electron chi connectivity index (χ1n) is 20.4. The van der Waals surface area contributed by atoms with Gasteiger partial charge in [-0.15, -0.1) is 0 Å². The van der Waals surface area contributed by atoms with Gasteiger partial charge in [0.1, 0.15) is 48.4 Å². The molecule has 1 aromatic carbocycles. The second kappa shape index (κ2) is 24.2. The number of quaternary nitrogens is 1. The standard InChI is InChI=1S/C40H64N8O12/c1-8-20(3)30(39(58)48-17-13-16-28(48)36(55)44-27(19-49)35(54)46-31(40(59)60)21(4)9-2)45-38(57)32(24(7)51)47-34(53)26(18-25-14-11-10-12-15-25)43-33(52)22(5)42-37(56)29(41)23(6)50/h10-12,14-15,20-24,26-32,49-51H,8-9,13,16-19,41H2,1-7H3,(H,42,56)(H,43,52)(H,44,55)(H,45,57)(H,46,54)(H,47,53)(H,59,60)/p+1/t20-,21-,22-,23+,24+,26-,27-,28-,29-,30-,31-,32-/m0/s1. The highest BCUT2D eigenvalue weighted by Crippen LogP contribution is 2.22. The number of amides is 7. The van der Waals surface area contributed by atoms with Crippen LogP contribution in [0.15, 0.2) is 30.3 Å². The van der Waals surface area contributed by atoms with E-state index in [1.165, 1.54) is 25.7 Å². The van der Waals surface area contributed by atoms with Gasteiger partial charge in [0.05, 0.1) is 12.7 Å². The summed E-state index contributed by atoms with van der Waals surface area (Å²) in [4.78, 5) is 107. The number of carbonyl (C=O) groups excluding carboxylic acids is 7. The smallest absolute Gasteiger partial charge is 0.326 e. The summed E-state index contributed by atoms with van der Waals surface area (Å²) < 4.78 is 0. The fourth-order valence-corrected chi connectivity index (χ4v) is 6.43. The van der Waals surface area contributed by atoms with Crippen LogP contribution in [0.5, 0.6) is 0 Å². The molecule has 1 aliphatic heterocycles. The molecule has 20 nitrogen and oxygen atoms in total. The summed E-state index contributed by atoms with van der Waals surface area (Å²) in [7, 11) is 0. The minimum Gasteiger partial charge on any atom is -0.480 e. The number of carboxylic acid groups (broad SMARTS) is 1. The van der Waals surface area contributed by atoms with Gasteiger partial charge in [0.15, 0.2) is 6.04 Å². The molecule has 0 saturated carbocycles. The zero-order valence-corrected chi connectivity index (χ0v) is 35.5. The van der Waals surface area contributed by atoms with Crippen molar-refractivity contribution in [3.63, 3.8) is 0 Å². The van der Waals surface area contributed by atoms with Crippen LogP contribution in [0.25, 0.3) is 0 Å². The predicted octanol–water partition coefficient (Wildman–Crippen LogP) is -3.31. The van der Waals surface area contributed by atoms with Crippen LogP contribution in [0.1, 0.15) is 79.7 Å². The van der Waals surface area contributed by atoms with Crippen molar-refractivity contribution in [2.45, 2.75) is 141 Å². The zero-order valence-electron chi connectivity index (χ0n) is 35.5. The van der Waals surface area contributed by atoms with E-state index in [2.05, 4.69) is 37.6 Å². The number of benzene rings is 1. The highest BCUT2D eigenvalue weighted by Gasteiger charge is 2.42. The second-order valence-corrected chi connectivity index (χ2v) is 15.6. The van der Waals surface area contributed by atoms with Crippen molar-refractivity contribution in [3.8, 4) is 0 Å². The minimum atomic E-state index is -1.63. The average molecular weight is 850 g/mol. The molecule has 1 aliphatic rings. The molecule has 0 spiro atoms. The Morgan fingerprint density at radius 3 is 1.78 bits per heavy atom. The van der Waals surface area contributed by atoms with Crippen molar-refractivity contribution in [1.82, 2.24) is 36.8 Å². The Labute approximate surface area is 350 Å². The topological polar surface area (TPSA) is 321 Å². The Kier molecular flexibility index (Phi) is 20.5. The molecule has 1 fully saturated rings. The van der Waals surface area contributed by atoms with E-state index >= 15 is 0 Å².